The maximum atomic E-state index is 6.15. The third kappa shape index (κ3) is 6.34. The number of anilines is 1. The zero-order chi connectivity index (χ0) is 19.2. The molecule has 3 N–H and O–H groups in total. The number of hydrogen-bond donors (Lipinski definition) is 2. The second-order valence-corrected chi connectivity index (χ2v) is 7.30. The van der Waals surface area contributed by atoms with Crippen LogP contribution >= 0.6 is 35.6 Å². The second-order valence-electron chi connectivity index (χ2n) is 6.87. The van der Waals surface area contributed by atoms with Gasteiger partial charge in [-0.2, -0.15) is 0 Å². The number of aliphatic imine (C=N–C) groups is 1. The van der Waals surface area contributed by atoms with E-state index in [1.165, 1.54) is 16.7 Å². The predicted molar refractivity (Wildman–Crippen MR) is 128 cm³/mol. The Morgan fingerprint density at radius 1 is 1.14 bits per heavy atom. The summed E-state index contributed by atoms with van der Waals surface area (Å²) in [7, 11) is 0. The molecule has 1 atom stereocenters. The molecule has 0 radical (unpaired) electrons. The largest absolute Gasteiger partial charge is 0.379 e. The molecular formula is C21H28ClIN4O. The summed E-state index contributed by atoms with van der Waals surface area (Å²) in [6.07, 6.45) is 0. The van der Waals surface area contributed by atoms with Gasteiger partial charge in [0.25, 0.3) is 0 Å². The molecule has 7 heteroatoms. The van der Waals surface area contributed by atoms with Gasteiger partial charge in [-0.15, -0.1) is 24.0 Å². The van der Waals surface area contributed by atoms with Crippen molar-refractivity contribution in [2.24, 2.45) is 10.7 Å². The fourth-order valence-corrected chi connectivity index (χ4v) is 3.32. The molecule has 0 bridgehead atoms. The molecule has 1 unspecified atom stereocenters. The first kappa shape index (κ1) is 22.9. The first-order chi connectivity index (χ1) is 13.0. The van der Waals surface area contributed by atoms with Crippen molar-refractivity contribution in [1.82, 2.24) is 4.90 Å². The fourth-order valence-electron chi connectivity index (χ4n) is 3.20. The van der Waals surface area contributed by atoms with Crippen LogP contribution in [0.1, 0.15) is 22.7 Å². The summed E-state index contributed by atoms with van der Waals surface area (Å²) >= 11 is 6.05. The SMILES string of the molecule is Cc1ccc(NC(N)=NCC(c2ccc(Cl)cc2)N2CCOCC2)cc1C.I. The van der Waals surface area contributed by atoms with Crippen LogP contribution in [0, 0.1) is 13.8 Å². The number of nitrogens with one attached hydrogen (secondary N) is 1. The normalized spacial score (nSPS) is 16.3. The number of nitrogens with two attached hydrogens (primary N) is 1. The average molecular weight is 515 g/mol. The summed E-state index contributed by atoms with van der Waals surface area (Å²) in [6.45, 7) is 8.00. The molecule has 1 saturated heterocycles. The number of aryl methyl sites for hydroxylation is 2. The monoisotopic (exact) mass is 514 g/mol. The number of benzene rings is 2. The third-order valence-corrected chi connectivity index (χ3v) is 5.21. The van der Waals surface area contributed by atoms with Crippen molar-refractivity contribution in [3.63, 3.8) is 0 Å². The van der Waals surface area contributed by atoms with Crippen LogP contribution in [0.25, 0.3) is 0 Å². The quantitative estimate of drug-likeness (QED) is 0.353. The van der Waals surface area contributed by atoms with E-state index in [0.29, 0.717) is 12.5 Å². The summed E-state index contributed by atoms with van der Waals surface area (Å²) in [5.41, 5.74) is 10.8. The zero-order valence-electron chi connectivity index (χ0n) is 16.3. The molecule has 0 amide bonds. The van der Waals surface area contributed by atoms with Gasteiger partial charge in [0.2, 0.25) is 0 Å². The maximum absolute atomic E-state index is 6.15. The van der Waals surface area contributed by atoms with Crippen LogP contribution in [0.5, 0.6) is 0 Å². The van der Waals surface area contributed by atoms with Gasteiger partial charge in [-0.3, -0.25) is 9.89 Å². The van der Waals surface area contributed by atoms with Crippen LogP contribution in [0.4, 0.5) is 5.69 Å². The third-order valence-electron chi connectivity index (χ3n) is 4.96. The highest BCUT2D eigenvalue weighted by atomic mass is 127. The zero-order valence-corrected chi connectivity index (χ0v) is 19.4. The number of ether oxygens (including phenoxy) is 1. The van der Waals surface area contributed by atoms with Crippen molar-refractivity contribution < 1.29 is 4.74 Å². The Morgan fingerprint density at radius 3 is 2.46 bits per heavy atom. The summed E-state index contributed by atoms with van der Waals surface area (Å²) in [6, 6.07) is 14.3. The van der Waals surface area contributed by atoms with Gasteiger partial charge in [-0.05, 0) is 54.8 Å². The molecule has 2 aromatic carbocycles. The van der Waals surface area contributed by atoms with Crippen molar-refractivity contribution in [1.29, 1.82) is 0 Å². The summed E-state index contributed by atoms with van der Waals surface area (Å²) in [4.78, 5) is 7.00. The molecule has 0 saturated carbocycles. The standard InChI is InChI=1S/C21H27ClN4O.HI/c1-15-3-8-19(13-16(15)2)25-21(23)24-14-20(26-9-11-27-12-10-26)17-4-6-18(22)7-5-17;/h3-8,13,20H,9-12,14H2,1-2H3,(H3,23,24,25);1H. The molecule has 5 nitrogen and oxygen atoms in total. The van der Waals surface area contributed by atoms with E-state index >= 15 is 0 Å². The summed E-state index contributed by atoms with van der Waals surface area (Å²) in [5, 5.41) is 3.93. The molecule has 1 heterocycles. The smallest absolute Gasteiger partial charge is 0.193 e. The number of rotatable bonds is 5. The van der Waals surface area contributed by atoms with Gasteiger partial charge in [0.05, 0.1) is 25.8 Å². The van der Waals surface area contributed by atoms with E-state index in [9.17, 15) is 0 Å². The van der Waals surface area contributed by atoms with Crippen molar-refractivity contribution in [3.8, 4) is 0 Å². The molecular weight excluding hydrogens is 487 g/mol. The van der Waals surface area contributed by atoms with Crippen molar-refractivity contribution in [2.75, 3.05) is 38.2 Å². The van der Waals surface area contributed by atoms with Gasteiger partial charge in [0.15, 0.2) is 5.96 Å². The maximum Gasteiger partial charge on any atom is 0.193 e. The van der Waals surface area contributed by atoms with E-state index in [4.69, 9.17) is 22.1 Å². The van der Waals surface area contributed by atoms with Gasteiger partial charge < -0.3 is 15.8 Å². The van der Waals surface area contributed by atoms with Gasteiger partial charge in [0, 0.05) is 23.8 Å². The average Bonchev–Trinajstić information content (AvgIpc) is 2.67. The minimum atomic E-state index is 0. The molecule has 1 aliphatic heterocycles. The fraction of sp³-hybridized carbons (Fsp3) is 0.381. The van der Waals surface area contributed by atoms with E-state index in [1.54, 1.807) is 0 Å². The van der Waals surface area contributed by atoms with Gasteiger partial charge in [0.1, 0.15) is 0 Å². The molecule has 1 aliphatic rings. The van der Waals surface area contributed by atoms with Crippen LogP contribution in [0.3, 0.4) is 0 Å². The lowest BCUT2D eigenvalue weighted by Gasteiger charge is -2.34. The lowest BCUT2D eigenvalue weighted by Crippen LogP contribution is -2.40. The second kappa shape index (κ2) is 11.0. The minimum absolute atomic E-state index is 0. The van der Waals surface area contributed by atoms with Crippen LogP contribution in [0.2, 0.25) is 5.02 Å². The predicted octanol–water partition coefficient (Wildman–Crippen LogP) is 4.37. The van der Waals surface area contributed by atoms with Gasteiger partial charge in [-0.1, -0.05) is 29.8 Å². The van der Waals surface area contributed by atoms with E-state index in [2.05, 4.69) is 53.3 Å². The summed E-state index contributed by atoms with van der Waals surface area (Å²) < 4.78 is 5.49. The number of halogens is 2. The van der Waals surface area contributed by atoms with Crippen molar-refractivity contribution in [2.45, 2.75) is 19.9 Å². The Morgan fingerprint density at radius 2 is 1.82 bits per heavy atom. The number of hydrogen-bond acceptors (Lipinski definition) is 3. The highest BCUT2D eigenvalue weighted by Gasteiger charge is 2.22. The Hall–Kier alpha value is -1.35. The Bertz CT molecular complexity index is 791. The number of morpholine rings is 1. The molecule has 152 valence electrons. The topological polar surface area (TPSA) is 62.9 Å². The van der Waals surface area contributed by atoms with Crippen molar-refractivity contribution >= 4 is 47.2 Å². The van der Waals surface area contributed by atoms with Crippen molar-refractivity contribution in [3.05, 3.63) is 64.2 Å². The highest BCUT2D eigenvalue weighted by Crippen LogP contribution is 2.24. The van der Waals surface area contributed by atoms with Crippen LogP contribution < -0.4 is 11.1 Å². The van der Waals surface area contributed by atoms with E-state index < -0.39 is 0 Å². The Kier molecular flexibility index (Phi) is 9.01. The van der Waals surface area contributed by atoms with E-state index in [0.717, 1.165) is 37.0 Å². The van der Waals surface area contributed by atoms with E-state index in [-0.39, 0.29) is 30.0 Å². The number of guanidine groups is 1. The molecule has 3 rings (SSSR count). The molecule has 1 fully saturated rings. The highest BCUT2D eigenvalue weighted by molar-refractivity contribution is 14.0. The molecule has 0 aliphatic carbocycles. The van der Waals surface area contributed by atoms with Crippen LogP contribution in [0.15, 0.2) is 47.5 Å². The lowest BCUT2D eigenvalue weighted by molar-refractivity contribution is 0.0180. The van der Waals surface area contributed by atoms with Gasteiger partial charge >= 0.3 is 0 Å². The first-order valence-electron chi connectivity index (χ1n) is 9.24. The molecule has 2 aromatic rings. The van der Waals surface area contributed by atoms with Crippen LogP contribution in [-0.4, -0.2) is 43.7 Å². The first-order valence-corrected chi connectivity index (χ1v) is 9.62. The number of nitrogens with zero attached hydrogens (tertiary/aromatic N) is 2. The van der Waals surface area contributed by atoms with E-state index in [1.807, 2.05) is 18.2 Å². The molecule has 0 aromatic heterocycles. The lowest BCUT2D eigenvalue weighted by atomic mass is 10.0. The van der Waals surface area contributed by atoms with Gasteiger partial charge in [-0.25, -0.2) is 0 Å². The molecule has 28 heavy (non-hydrogen) atoms. The molecule has 0 spiro atoms. The Labute approximate surface area is 189 Å². The minimum Gasteiger partial charge on any atom is -0.379 e. The Balaban J connectivity index is 0.00000280. The van der Waals surface area contributed by atoms with Crippen LogP contribution in [-0.2, 0) is 4.74 Å². The summed E-state index contributed by atoms with van der Waals surface area (Å²) in [5.74, 6) is 0.422.